The molecule has 0 aromatic carbocycles. The van der Waals surface area contributed by atoms with E-state index in [4.69, 9.17) is 16.2 Å². The average molecular weight is 158 g/mol. The molecule has 0 amide bonds. The van der Waals surface area contributed by atoms with Gasteiger partial charge in [-0.25, -0.2) is 0 Å². The molecule has 0 saturated heterocycles. The summed E-state index contributed by atoms with van der Waals surface area (Å²) in [7, 11) is 0. The highest BCUT2D eigenvalue weighted by molar-refractivity contribution is 4.86. The van der Waals surface area contributed by atoms with E-state index in [0.717, 1.165) is 12.8 Å². The van der Waals surface area contributed by atoms with Gasteiger partial charge in [-0.05, 0) is 26.7 Å². The van der Waals surface area contributed by atoms with Crippen molar-refractivity contribution in [1.29, 1.82) is 0 Å². The molecule has 4 atom stereocenters. The van der Waals surface area contributed by atoms with Crippen molar-refractivity contribution in [3.8, 4) is 0 Å². The van der Waals surface area contributed by atoms with Crippen LogP contribution in [-0.2, 0) is 4.74 Å². The summed E-state index contributed by atoms with van der Waals surface area (Å²) in [5.41, 5.74) is 11.3. The summed E-state index contributed by atoms with van der Waals surface area (Å²) in [4.78, 5) is 0. The van der Waals surface area contributed by atoms with Gasteiger partial charge in [0.25, 0.3) is 0 Å². The summed E-state index contributed by atoms with van der Waals surface area (Å²) >= 11 is 0. The summed E-state index contributed by atoms with van der Waals surface area (Å²) in [5, 5.41) is 0. The fourth-order valence-electron chi connectivity index (χ4n) is 1.06. The number of ether oxygens (including phenoxy) is 1. The van der Waals surface area contributed by atoms with Crippen molar-refractivity contribution in [3.63, 3.8) is 0 Å². The van der Waals surface area contributed by atoms with E-state index in [1.165, 1.54) is 0 Å². The van der Waals surface area contributed by atoms with Gasteiger partial charge in [-0.15, -0.1) is 0 Å². The van der Waals surface area contributed by atoms with E-state index >= 15 is 0 Å². The van der Waals surface area contributed by atoms with Crippen molar-refractivity contribution in [2.24, 2.45) is 11.5 Å². The summed E-state index contributed by atoms with van der Waals surface area (Å²) in [6.07, 6.45) is 2.58. The first kappa shape index (κ1) is 8.97. The Balaban J connectivity index is 2.19. The number of nitrogens with two attached hydrogens (primary N) is 2. The Morgan fingerprint density at radius 1 is 1.36 bits per heavy atom. The normalized spacial score (nSPS) is 36.0. The lowest BCUT2D eigenvalue weighted by molar-refractivity contribution is -0.0629. The summed E-state index contributed by atoms with van der Waals surface area (Å²) in [6, 6.07) is 0.346. The Labute approximate surface area is 68.1 Å². The molecule has 0 bridgehead atoms. The number of hydrogen-bond donors (Lipinski definition) is 2. The number of hydrogen-bond acceptors (Lipinski definition) is 3. The Kier molecular flexibility index (Phi) is 2.87. The zero-order chi connectivity index (χ0) is 8.43. The van der Waals surface area contributed by atoms with Crippen LogP contribution in [0.2, 0.25) is 0 Å². The third-order valence-corrected chi connectivity index (χ3v) is 2.39. The van der Waals surface area contributed by atoms with Gasteiger partial charge in [-0.2, -0.15) is 0 Å². The molecule has 1 aliphatic carbocycles. The van der Waals surface area contributed by atoms with Gasteiger partial charge < -0.3 is 16.2 Å². The maximum absolute atomic E-state index is 5.71. The second-order valence-electron chi connectivity index (χ2n) is 3.48. The molecule has 3 heteroatoms. The fraction of sp³-hybridized carbons (Fsp3) is 1.00. The lowest BCUT2D eigenvalue weighted by Crippen LogP contribution is -2.49. The zero-order valence-corrected chi connectivity index (χ0v) is 7.29. The molecule has 1 saturated carbocycles. The van der Waals surface area contributed by atoms with Crippen LogP contribution < -0.4 is 11.5 Å². The Morgan fingerprint density at radius 2 is 2.00 bits per heavy atom. The van der Waals surface area contributed by atoms with Gasteiger partial charge in [0.15, 0.2) is 0 Å². The van der Waals surface area contributed by atoms with Crippen LogP contribution in [0, 0.1) is 0 Å². The SMILES string of the molecule is CC(N)[C@@H](C)O[C@H]1CCC1N. The average Bonchev–Trinajstić information content (AvgIpc) is 1.96. The monoisotopic (exact) mass is 158 g/mol. The van der Waals surface area contributed by atoms with E-state index in [2.05, 4.69) is 0 Å². The molecule has 66 valence electrons. The van der Waals surface area contributed by atoms with Crippen LogP contribution in [0.1, 0.15) is 26.7 Å². The highest BCUT2D eigenvalue weighted by atomic mass is 16.5. The largest absolute Gasteiger partial charge is 0.372 e. The van der Waals surface area contributed by atoms with E-state index in [1.807, 2.05) is 13.8 Å². The van der Waals surface area contributed by atoms with Gasteiger partial charge in [0.1, 0.15) is 0 Å². The van der Waals surface area contributed by atoms with Crippen LogP contribution in [-0.4, -0.2) is 24.3 Å². The minimum absolute atomic E-state index is 0.0998. The van der Waals surface area contributed by atoms with Crippen LogP contribution in [0.5, 0.6) is 0 Å². The van der Waals surface area contributed by atoms with Crippen molar-refractivity contribution < 1.29 is 4.74 Å². The van der Waals surface area contributed by atoms with Crippen LogP contribution in [0.3, 0.4) is 0 Å². The maximum Gasteiger partial charge on any atom is 0.0730 e. The van der Waals surface area contributed by atoms with Gasteiger partial charge in [0.05, 0.1) is 12.2 Å². The highest BCUT2D eigenvalue weighted by Crippen LogP contribution is 2.22. The molecule has 0 aromatic rings. The predicted molar refractivity (Wildman–Crippen MR) is 45.2 cm³/mol. The molecule has 2 unspecified atom stereocenters. The second-order valence-corrected chi connectivity index (χ2v) is 3.48. The first-order chi connectivity index (χ1) is 5.11. The Bertz CT molecular complexity index is 123. The molecule has 0 heterocycles. The van der Waals surface area contributed by atoms with Gasteiger partial charge in [-0.3, -0.25) is 0 Å². The minimum atomic E-state index is 0.0998. The van der Waals surface area contributed by atoms with Gasteiger partial charge >= 0.3 is 0 Å². The van der Waals surface area contributed by atoms with Gasteiger partial charge in [-0.1, -0.05) is 0 Å². The molecular formula is C8H18N2O. The van der Waals surface area contributed by atoms with Crippen molar-refractivity contribution in [2.75, 3.05) is 0 Å². The molecular weight excluding hydrogens is 140 g/mol. The highest BCUT2D eigenvalue weighted by Gasteiger charge is 2.30. The topological polar surface area (TPSA) is 61.3 Å². The quantitative estimate of drug-likeness (QED) is 0.618. The van der Waals surface area contributed by atoms with Crippen molar-refractivity contribution >= 4 is 0 Å². The molecule has 11 heavy (non-hydrogen) atoms. The van der Waals surface area contributed by atoms with Crippen LogP contribution in [0.4, 0.5) is 0 Å². The molecule has 0 aromatic heterocycles. The summed E-state index contributed by atoms with van der Waals surface area (Å²) in [5.74, 6) is 0. The molecule has 0 radical (unpaired) electrons. The van der Waals surface area contributed by atoms with E-state index in [9.17, 15) is 0 Å². The smallest absolute Gasteiger partial charge is 0.0730 e. The molecule has 1 fully saturated rings. The predicted octanol–water partition coefficient (Wildman–Crippen LogP) is 0.228. The lowest BCUT2D eigenvalue weighted by atomic mass is 9.90. The van der Waals surface area contributed by atoms with E-state index in [1.54, 1.807) is 0 Å². The number of rotatable bonds is 3. The minimum Gasteiger partial charge on any atom is -0.372 e. The van der Waals surface area contributed by atoms with Gasteiger partial charge in [0, 0.05) is 12.1 Å². The fourth-order valence-corrected chi connectivity index (χ4v) is 1.06. The summed E-state index contributed by atoms with van der Waals surface area (Å²) in [6.45, 7) is 3.95. The maximum atomic E-state index is 5.71. The Hall–Kier alpha value is -0.120. The second kappa shape index (κ2) is 3.52. The molecule has 0 spiro atoms. The Morgan fingerprint density at radius 3 is 2.27 bits per heavy atom. The first-order valence-corrected chi connectivity index (χ1v) is 4.28. The van der Waals surface area contributed by atoms with E-state index in [-0.39, 0.29) is 24.3 Å². The van der Waals surface area contributed by atoms with Crippen LogP contribution in [0.25, 0.3) is 0 Å². The standard InChI is InChI=1S/C8H18N2O/c1-5(9)6(2)11-8-4-3-7(8)10/h5-8H,3-4,9-10H2,1-2H3/t5?,6-,7?,8+/m1/s1. The van der Waals surface area contributed by atoms with Crippen molar-refractivity contribution in [3.05, 3.63) is 0 Å². The first-order valence-electron chi connectivity index (χ1n) is 4.28. The van der Waals surface area contributed by atoms with E-state index in [0.29, 0.717) is 0 Å². The van der Waals surface area contributed by atoms with Crippen molar-refractivity contribution in [2.45, 2.75) is 51.0 Å². The zero-order valence-electron chi connectivity index (χ0n) is 7.29. The van der Waals surface area contributed by atoms with Crippen LogP contribution >= 0.6 is 0 Å². The van der Waals surface area contributed by atoms with Gasteiger partial charge in [0.2, 0.25) is 0 Å². The third kappa shape index (κ3) is 2.15. The van der Waals surface area contributed by atoms with Crippen molar-refractivity contribution in [1.82, 2.24) is 0 Å². The molecule has 1 rings (SSSR count). The molecule has 1 aliphatic rings. The third-order valence-electron chi connectivity index (χ3n) is 2.39. The summed E-state index contributed by atoms with van der Waals surface area (Å²) < 4.78 is 5.61. The molecule has 3 nitrogen and oxygen atoms in total. The molecule has 4 N–H and O–H groups in total. The molecule has 0 aliphatic heterocycles. The van der Waals surface area contributed by atoms with E-state index < -0.39 is 0 Å². The van der Waals surface area contributed by atoms with Crippen LogP contribution in [0.15, 0.2) is 0 Å². The lowest BCUT2D eigenvalue weighted by Gasteiger charge is -2.36.